The van der Waals surface area contributed by atoms with Gasteiger partial charge in [-0.15, -0.1) is 0 Å². The molecule has 3 aliphatic rings. The molecule has 0 amide bonds. The van der Waals surface area contributed by atoms with E-state index in [0.29, 0.717) is 5.41 Å². The van der Waals surface area contributed by atoms with E-state index >= 15 is 0 Å². The van der Waals surface area contributed by atoms with Crippen molar-refractivity contribution in [3.05, 3.63) is 35.5 Å². The lowest BCUT2D eigenvalue weighted by Gasteiger charge is -2.44. The number of fused-ring (bicyclic) bond motifs is 1. The predicted octanol–water partition coefficient (Wildman–Crippen LogP) is 9.04. The minimum Gasteiger partial charge on any atom is -0.392 e. The van der Waals surface area contributed by atoms with Gasteiger partial charge in [0.1, 0.15) is 0 Å². The zero-order valence-corrected chi connectivity index (χ0v) is 22.2. The molecule has 5 atom stereocenters. The monoisotopic (exact) mass is 440 g/mol. The molecule has 0 radical (unpaired) electrons. The van der Waals surface area contributed by atoms with Gasteiger partial charge in [-0.2, -0.15) is 0 Å². The van der Waals surface area contributed by atoms with Gasteiger partial charge in [0.15, 0.2) is 0 Å². The fourth-order valence-electron chi connectivity index (χ4n) is 7.85. The Bertz CT molecular complexity index is 706. The second-order valence-corrected chi connectivity index (χ2v) is 12.4. The molecule has 32 heavy (non-hydrogen) atoms. The second kappa shape index (κ2) is 10.6. The van der Waals surface area contributed by atoms with Gasteiger partial charge in [0, 0.05) is 5.41 Å². The minimum atomic E-state index is -0.230. The lowest BCUT2D eigenvalue weighted by atomic mass is 9.60. The van der Waals surface area contributed by atoms with Crippen LogP contribution in [0.5, 0.6) is 0 Å². The smallest absolute Gasteiger partial charge is 0.0639 e. The van der Waals surface area contributed by atoms with Crippen molar-refractivity contribution < 1.29 is 5.11 Å². The van der Waals surface area contributed by atoms with Crippen molar-refractivity contribution in [1.82, 2.24) is 0 Å². The molecule has 3 aliphatic carbocycles. The Balaban J connectivity index is 1.71. The molecule has 3 saturated carbocycles. The first-order valence-corrected chi connectivity index (χ1v) is 13.9. The first-order valence-electron chi connectivity index (χ1n) is 13.9. The van der Waals surface area contributed by atoms with Crippen molar-refractivity contribution in [3.8, 4) is 0 Å². The summed E-state index contributed by atoms with van der Waals surface area (Å²) in [4.78, 5) is 0. The van der Waals surface area contributed by atoms with Crippen LogP contribution in [-0.2, 0) is 0 Å². The molecular weight excluding hydrogens is 388 g/mol. The molecule has 182 valence electrons. The molecule has 3 rings (SSSR count). The fourth-order valence-corrected chi connectivity index (χ4v) is 7.85. The molecule has 0 heterocycles. The highest BCUT2D eigenvalue weighted by Gasteiger charge is 2.50. The lowest BCUT2D eigenvalue weighted by molar-refractivity contribution is 0.00932. The number of rotatable bonds is 8. The maximum absolute atomic E-state index is 10.9. The second-order valence-electron chi connectivity index (χ2n) is 12.4. The quantitative estimate of drug-likeness (QED) is 0.399. The summed E-state index contributed by atoms with van der Waals surface area (Å²) >= 11 is 0. The third-order valence-electron chi connectivity index (χ3n) is 10.2. The molecule has 0 aromatic carbocycles. The van der Waals surface area contributed by atoms with Crippen LogP contribution in [0, 0.1) is 34.5 Å². The Hall–Kier alpha value is -0.820. The number of aliphatic hydroxyl groups excluding tert-OH is 1. The van der Waals surface area contributed by atoms with Gasteiger partial charge < -0.3 is 5.11 Å². The summed E-state index contributed by atoms with van der Waals surface area (Å²) in [5.41, 5.74) is 4.77. The first kappa shape index (κ1) is 25.8. The van der Waals surface area contributed by atoms with Crippen molar-refractivity contribution in [3.63, 3.8) is 0 Å². The van der Waals surface area contributed by atoms with Crippen LogP contribution in [0.3, 0.4) is 0 Å². The van der Waals surface area contributed by atoms with Crippen LogP contribution < -0.4 is 0 Å². The maximum atomic E-state index is 10.9. The SMILES string of the molecule is C=C1CC(CC)(CC)[C@@H](O)C/C1=C\C=C1/CCC[C@]2(C)[C@@H]([C@H](C)CCCC(C)C)CC[C@@H]12. The van der Waals surface area contributed by atoms with E-state index in [0.717, 1.165) is 49.4 Å². The third kappa shape index (κ3) is 5.13. The molecule has 1 heteroatoms. The van der Waals surface area contributed by atoms with Crippen LogP contribution >= 0.6 is 0 Å². The van der Waals surface area contributed by atoms with E-state index in [1.807, 2.05) is 0 Å². The fraction of sp³-hybridized carbons (Fsp3) is 0.806. The number of aliphatic hydroxyl groups is 1. The van der Waals surface area contributed by atoms with E-state index in [1.165, 1.54) is 62.5 Å². The zero-order valence-electron chi connectivity index (χ0n) is 22.2. The van der Waals surface area contributed by atoms with Crippen LogP contribution in [0.4, 0.5) is 0 Å². The van der Waals surface area contributed by atoms with E-state index < -0.39 is 0 Å². The van der Waals surface area contributed by atoms with Gasteiger partial charge >= 0.3 is 0 Å². The van der Waals surface area contributed by atoms with Crippen molar-refractivity contribution in [2.45, 2.75) is 125 Å². The van der Waals surface area contributed by atoms with E-state index in [9.17, 15) is 5.11 Å². The highest BCUT2D eigenvalue weighted by Crippen LogP contribution is 2.60. The van der Waals surface area contributed by atoms with E-state index in [1.54, 1.807) is 5.57 Å². The van der Waals surface area contributed by atoms with Gasteiger partial charge in [0.25, 0.3) is 0 Å². The maximum Gasteiger partial charge on any atom is 0.0639 e. The highest BCUT2D eigenvalue weighted by molar-refractivity contribution is 5.38. The molecule has 0 bridgehead atoms. The number of hydrogen-bond donors (Lipinski definition) is 1. The Morgan fingerprint density at radius 2 is 1.81 bits per heavy atom. The number of allylic oxidation sites excluding steroid dienone is 4. The Morgan fingerprint density at radius 1 is 1.09 bits per heavy atom. The molecule has 1 nitrogen and oxygen atoms in total. The number of hydrogen-bond acceptors (Lipinski definition) is 1. The van der Waals surface area contributed by atoms with Crippen molar-refractivity contribution in [2.75, 3.05) is 0 Å². The van der Waals surface area contributed by atoms with Crippen LogP contribution in [0.2, 0.25) is 0 Å². The van der Waals surface area contributed by atoms with Crippen LogP contribution in [0.15, 0.2) is 35.5 Å². The topological polar surface area (TPSA) is 20.2 Å². The van der Waals surface area contributed by atoms with E-state index in [4.69, 9.17) is 0 Å². The predicted molar refractivity (Wildman–Crippen MR) is 140 cm³/mol. The summed E-state index contributed by atoms with van der Waals surface area (Å²) in [7, 11) is 0. The van der Waals surface area contributed by atoms with E-state index in [-0.39, 0.29) is 11.5 Å². The molecule has 0 unspecified atom stereocenters. The van der Waals surface area contributed by atoms with Gasteiger partial charge in [-0.3, -0.25) is 0 Å². The van der Waals surface area contributed by atoms with Gasteiger partial charge in [0.05, 0.1) is 6.10 Å². The molecule has 0 aromatic rings. The normalized spacial score (nSPS) is 36.1. The molecule has 1 N–H and O–H groups in total. The third-order valence-corrected chi connectivity index (χ3v) is 10.2. The lowest BCUT2D eigenvalue weighted by Crippen LogP contribution is -2.38. The molecule has 3 fully saturated rings. The van der Waals surface area contributed by atoms with Crippen molar-refractivity contribution in [1.29, 1.82) is 0 Å². The average molecular weight is 441 g/mol. The summed E-state index contributed by atoms with van der Waals surface area (Å²) in [6.07, 6.45) is 19.4. The van der Waals surface area contributed by atoms with Gasteiger partial charge in [-0.1, -0.05) is 90.7 Å². The molecule has 0 saturated heterocycles. The highest BCUT2D eigenvalue weighted by atomic mass is 16.3. The Kier molecular flexibility index (Phi) is 8.56. The zero-order chi connectivity index (χ0) is 23.5. The van der Waals surface area contributed by atoms with Crippen LogP contribution in [0.1, 0.15) is 119 Å². The van der Waals surface area contributed by atoms with Crippen LogP contribution in [-0.4, -0.2) is 11.2 Å². The van der Waals surface area contributed by atoms with Crippen molar-refractivity contribution >= 4 is 0 Å². The van der Waals surface area contributed by atoms with Gasteiger partial charge in [-0.25, -0.2) is 0 Å². The summed E-state index contributed by atoms with van der Waals surface area (Å²) in [6.45, 7) is 18.7. The molecular formula is C31H52O. The summed E-state index contributed by atoms with van der Waals surface area (Å²) in [6, 6.07) is 0. The Labute approximate surface area is 199 Å². The average Bonchev–Trinajstić information content (AvgIpc) is 3.11. The van der Waals surface area contributed by atoms with Gasteiger partial charge in [0.2, 0.25) is 0 Å². The largest absolute Gasteiger partial charge is 0.392 e. The summed E-state index contributed by atoms with van der Waals surface area (Å²) < 4.78 is 0. The van der Waals surface area contributed by atoms with Gasteiger partial charge in [-0.05, 0) is 92.4 Å². The standard InChI is InChI=1S/C31H52O/c1-8-31(9-2)21-24(6)26(20-29(31)32)16-15-25-14-11-19-30(7)27(17-18-28(25)30)23(5)13-10-12-22(3)4/h15-16,22-23,27-29,32H,6,8-14,17-21H2,1-5,7H3/b25-15+,26-16+/t23-,27-,28+,29+,30-/m1/s1. The molecule has 0 aromatic heterocycles. The first-order chi connectivity index (χ1) is 15.2. The minimum absolute atomic E-state index is 0.0371. The van der Waals surface area contributed by atoms with Crippen LogP contribution in [0.25, 0.3) is 0 Å². The van der Waals surface area contributed by atoms with Crippen molar-refractivity contribution in [2.24, 2.45) is 34.5 Å². The Morgan fingerprint density at radius 3 is 2.47 bits per heavy atom. The molecule has 0 aliphatic heterocycles. The summed E-state index contributed by atoms with van der Waals surface area (Å²) in [5.74, 6) is 3.33. The summed E-state index contributed by atoms with van der Waals surface area (Å²) in [5, 5.41) is 10.9. The van der Waals surface area contributed by atoms with E-state index in [2.05, 4.69) is 60.3 Å². The molecule has 0 spiro atoms.